The van der Waals surface area contributed by atoms with Crippen molar-refractivity contribution in [3.05, 3.63) is 58.6 Å². The molecule has 0 aliphatic heterocycles. The predicted octanol–water partition coefficient (Wildman–Crippen LogP) is 3.02. The number of anilines is 1. The van der Waals surface area contributed by atoms with E-state index >= 15 is 0 Å². The van der Waals surface area contributed by atoms with Crippen LogP contribution in [0.1, 0.15) is 16.8 Å². The number of sulfonamides is 1. The van der Waals surface area contributed by atoms with Gasteiger partial charge in [0.1, 0.15) is 0 Å². The van der Waals surface area contributed by atoms with E-state index in [1.807, 2.05) is 6.07 Å². The van der Waals surface area contributed by atoms with E-state index < -0.39 is 10.0 Å². The lowest BCUT2D eigenvalue weighted by Crippen LogP contribution is -2.25. The van der Waals surface area contributed by atoms with Crippen LogP contribution in [0.25, 0.3) is 0 Å². The van der Waals surface area contributed by atoms with Gasteiger partial charge < -0.3 is 10.1 Å². The Morgan fingerprint density at radius 3 is 2.44 bits per heavy atom. The average molecular weight is 427 g/mol. The minimum Gasteiger partial charge on any atom is -0.385 e. The van der Waals surface area contributed by atoms with Gasteiger partial charge in [0.05, 0.1) is 10.5 Å². The molecule has 2 aromatic rings. The zero-order chi connectivity index (χ0) is 18.3. The van der Waals surface area contributed by atoms with E-state index in [0.717, 1.165) is 0 Å². The molecule has 8 heteroatoms. The highest BCUT2D eigenvalue weighted by Crippen LogP contribution is 2.19. The van der Waals surface area contributed by atoms with Crippen LogP contribution >= 0.6 is 15.9 Å². The molecule has 25 heavy (non-hydrogen) atoms. The van der Waals surface area contributed by atoms with E-state index in [1.54, 1.807) is 37.4 Å². The molecule has 134 valence electrons. The number of carbonyl (C=O) groups is 1. The number of halogens is 1. The van der Waals surface area contributed by atoms with Crippen LogP contribution in [0.5, 0.6) is 0 Å². The second-order valence-electron chi connectivity index (χ2n) is 5.20. The number of ether oxygens (including phenoxy) is 1. The van der Waals surface area contributed by atoms with Gasteiger partial charge in [-0.25, -0.2) is 13.1 Å². The van der Waals surface area contributed by atoms with Gasteiger partial charge in [0.25, 0.3) is 5.91 Å². The van der Waals surface area contributed by atoms with Crippen molar-refractivity contribution >= 4 is 37.5 Å². The van der Waals surface area contributed by atoms with Gasteiger partial charge in [0, 0.05) is 30.4 Å². The number of benzene rings is 2. The highest BCUT2D eigenvalue weighted by Gasteiger charge is 2.14. The van der Waals surface area contributed by atoms with Crippen molar-refractivity contribution in [1.29, 1.82) is 0 Å². The first kappa shape index (κ1) is 19.6. The van der Waals surface area contributed by atoms with E-state index in [4.69, 9.17) is 4.74 Å². The molecule has 0 heterocycles. The fourth-order valence-corrected chi connectivity index (χ4v) is 3.61. The first-order valence-corrected chi connectivity index (χ1v) is 9.86. The molecule has 0 unspecified atom stereocenters. The van der Waals surface area contributed by atoms with Crippen molar-refractivity contribution in [3.8, 4) is 0 Å². The lowest BCUT2D eigenvalue weighted by molar-refractivity contribution is 0.102. The molecule has 2 rings (SSSR count). The van der Waals surface area contributed by atoms with Crippen LogP contribution in [0.2, 0.25) is 0 Å². The average Bonchev–Trinajstić information content (AvgIpc) is 2.59. The van der Waals surface area contributed by atoms with Crippen molar-refractivity contribution in [2.75, 3.05) is 25.6 Å². The molecule has 2 N–H and O–H groups in total. The van der Waals surface area contributed by atoms with Crippen LogP contribution in [-0.2, 0) is 14.8 Å². The van der Waals surface area contributed by atoms with Gasteiger partial charge >= 0.3 is 0 Å². The summed E-state index contributed by atoms with van der Waals surface area (Å²) in [5.74, 6) is -0.277. The molecule has 6 nitrogen and oxygen atoms in total. The summed E-state index contributed by atoms with van der Waals surface area (Å²) in [5, 5.41) is 2.74. The molecule has 0 aromatic heterocycles. The molecule has 2 aromatic carbocycles. The zero-order valence-electron chi connectivity index (χ0n) is 13.7. The van der Waals surface area contributed by atoms with E-state index in [2.05, 4.69) is 26.0 Å². The Kier molecular flexibility index (Phi) is 7.12. The largest absolute Gasteiger partial charge is 0.385 e. The van der Waals surface area contributed by atoms with Crippen molar-refractivity contribution in [1.82, 2.24) is 4.72 Å². The van der Waals surface area contributed by atoms with Crippen LogP contribution in [0.15, 0.2) is 57.9 Å². The molecule has 0 radical (unpaired) electrons. The smallest absolute Gasteiger partial charge is 0.256 e. The van der Waals surface area contributed by atoms with Gasteiger partial charge in [-0.1, -0.05) is 12.1 Å². The SMILES string of the molecule is COCCCNS(=O)(=O)c1ccc(NC(=O)c2ccccc2Br)cc1. The lowest BCUT2D eigenvalue weighted by atomic mass is 10.2. The number of carbonyl (C=O) groups excluding carboxylic acids is 1. The summed E-state index contributed by atoms with van der Waals surface area (Å²) in [6.45, 7) is 0.791. The Morgan fingerprint density at radius 2 is 1.80 bits per heavy atom. The van der Waals surface area contributed by atoms with Gasteiger partial charge in [0.15, 0.2) is 0 Å². The molecule has 0 atom stereocenters. The predicted molar refractivity (Wildman–Crippen MR) is 100 cm³/mol. The van der Waals surface area contributed by atoms with Gasteiger partial charge in [-0.2, -0.15) is 0 Å². The maximum Gasteiger partial charge on any atom is 0.256 e. The Balaban J connectivity index is 2.02. The molecule has 0 spiro atoms. The Morgan fingerprint density at radius 1 is 1.12 bits per heavy atom. The quantitative estimate of drug-likeness (QED) is 0.635. The fourth-order valence-electron chi connectivity index (χ4n) is 2.07. The maximum atomic E-state index is 12.2. The van der Waals surface area contributed by atoms with Crippen molar-refractivity contribution in [2.45, 2.75) is 11.3 Å². The molecule has 0 aliphatic rings. The minimum absolute atomic E-state index is 0.142. The van der Waals surface area contributed by atoms with Gasteiger partial charge in [-0.3, -0.25) is 4.79 Å². The molecule has 1 amide bonds. The number of amides is 1. The normalized spacial score (nSPS) is 11.3. The monoisotopic (exact) mass is 426 g/mol. The first-order chi connectivity index (χ1) is 11.9. The Bertz CT molecular complexity index is 823. The van der Waals surface area contributed by atoms with Crippen LogP contribution in [0.4, 0.5) is 5.69 Å². The van der Waals surface area contributed by atoms with Crippen LogP contribution in [0.3, 0.4) is 0 Å². The zero-order valence-corrected chi connectivity index (χ0v) is 16.1. The Hall–Kier alpha value is -1.74. The van der Waals surface area contributed by atoms with Crippen LogP contribution < -0.4 is 10.0 Å². The third-order valence-corrected chi connectivity index (χ3v) is 5.53. The first-order valence-electron chi connectivity index (χ1n) is 7.58. The standard InChI is InChI=1S/C17H19BrN2O4S/c1-24-12-4-11-19-25(22,23)14-9-7-13(8-10-14)20-17(21)15-5-2-3-6-16(15)18/h2-3,5-10,19H,4,11-12H2,1H3,(H,20,21). The minimum atomic E-state index is -3.57. The number of hydrogen-bond donors (Lipinski definition) is 2. The molecule has 0 fully saturated rings. The molecular weight excluding hydrogens is 408 g/mol. The summed E-state index contributed by atoms with van der Waals surface area (Å²) in [5.41, 5.74) is 1.01. The summed E-state index contributed by atoms with van der Waals surface area (Å²) in [6.07, 6.45) is 0.593. The highest BCUT2D eigenvalue weighted by atomic mass is 79.9. The van der Waals surface area contributed by atoms with E-state index in [-0.39, 0.29) is 10.8 Å². The van der Waals surface area contributed by atoms with E-state index in [0.29, 0.717) is 35.3 Å². The fraction of sp³-hybridized carbons (Fsp3) is 0.235. The molecule has 0 bridgehead atoms. The van der Waals surface area contributed by atoms with E-state index in [1.165, 1.54) is 12.1 Å². The molecule has 0 saturated heterocycles. The summed E-state index contributed by atoms with van der Waals surface area (Å²) in [6, 6.07) is 13.1. The van der Waals surface area contributed by atoms with Gasteiger partial charge in [0.2, 0.25) is 10.0 Å². The van der Waals surface area contributed by atoms with Crippen LogP contribution in [0, 0.1) is 0 Å². The molecular formula is C17H19BrN2O4S. The number of rotatable bonds is 8. The lowest BCUT2D eigenvalue weighted by Gasteiger charge is -2.09. The van der Waals surface area contributed by atoms with Crippen LogP contribution in [-0.4, -0.2) is 34.6 Å². The Labute approximate surface area is 155 Å². The third kappa shape index (κ3) is 5.64. The molecule has 0 aliphatic carbocycles. The second-order valence-corrected chi connectivity index (χ2v) is 7.82. The van der Waals surface area contributed by atoms with E-state index in [9.17, 15) is 13.2 Å². The number of methoxy groups -OCH3 is 1. The van der Waals surface area contributed by atoms with Crippen molar-refractivity contribution in [2.24, 2.45) is 0 Å². The highest BCUT2D eigenvalue weighted by molar-refractivity contribution is 9.10. The topological polar surface area (TPSA) is 84.5 Å². The van der Waals surface area contributed by atoms with Gasteiger partial charge in [-0.15, -0.1) is 0 Å². The third-order valence-electron chi connectivity index (χ3n) is 3.36. The number of hydrogen-bond acceptors (Lipinski definition) is 4. The molecule has 0 saturated carbocycles. The van der Waals surface area contributed by atoms with Crippen molar-refractivity contribution in [3.63, 3.8) is 0 Å². The summed E-state index contributed by atoms with van der Waals surface area (Å²) < 4.78 is 32.4. The summed E-state index contributed by atoms with van der Waals surface area (Å²) in [7, 11) is -2.01. The summed E-state index contributed by atoms with van der Waals surface area (Å²) in [4.78, 5) is 12.4. The maximum absolute atomic E-state index is 12.2. The van der Waals surface area contributed by atoms with Crippen molar-refractivity contribution < 1.29 is 17.9 Å². The number of nitrogens with one attached hydrogen (secondary N) is 2. The second kappa shape index (κ2) is 9.10. The van der Waals surface area contributed by atoms with Gasteiger partial charge in [-0.05, 0) is 58.7 Å². The summed E-state index contributed by atoms with van der Waals surface area (Å²) >= 11 is 3.33.